The predicted octanol–water partition coefficient (Wildman–Crippen LogP) is 6.97. The van der Waals surface area contributed by atoms with Crippen LogP contribution in [-0.2, 0) is 19.3 Å². The van der Waals surface area contributed by atoms with E-state index in [1.165, 1.54) is 50.9 Å². The molecule has 1 aliphatic carbocycles. The Kier molecular flexibility index (Phi) is 4.75. The zero-order chi connectivity index (χ0) is 17.9. The standard InChI is InChI=1S/C26H26/c1-3-10-21-15-16-22-17-23(20-12-6-5-7-13-20)18-25(22)26(21)24-14-9-8-11-19(24)4-2/h5-9,11-16,18H,3-4,10,17H2,1-2H3. The summed E-state index contributed by atoms with van der Waals surface area (Å²) >= 11 is 0. The highest BCUT2D eigenvalue weighted by Gasteiger charge is 2.21. The molecule has 0 spiro atoms. The third-order valence-corrected chi connectivity index (χ3v) is 5.45. The van der Waals surface area contributed by atoms with E-state index < -0.39 is 0 Å². The molecule has 0 atom stereocenters. The fraction of sp³-hybridized carbons (Fsp3) is 0.231. The topological polar surface area (TPSA) is 0 Å². The summed E-state index contributed by atoms with van der Waals surface area (Å²) in [6.45, 7) is 4.53. The van der Waals surface area contributed by atoms with E-state index in [1.807, 2.05) is 0 Å². The maximum Gasteiger partial charge on any atom is -0.00134 e. The van der Waals surface area contributed by atoms with Gasteiger partial charge in [0.05, 0.1) is 0 Å². The molecule has 0 fully saturated rings. The van der Waals surface area contributed by atoms with Gasteiger partial charge in [-0.25, -0.2) is 0 Å². The molecule has 26 heavy (non-hydrogen) atoms. The Balaban J connectivity index is 1.91. The first-order valence-corrected chi connectivity index (χ1v) is 9.80. The fourth-order valence-electron chi connectivity index (χ4n) is 4.16. The summed E-state index contributed by atoms with van der Waals surface area (Å²) in [6.07, 6.45) is 6.85. The molecule has 0 unspecified atom stereocenters. The molecule has 4 rings (SSSR count). The summed E-state index contributed by atoms with van der Waals surface area (Å²) in [5, 5.41) is 0. The van der Waals surface area contributed by atoms with Crippen molar-refractivity contribution in [1.82, 2.24) is 0 Å². The Morgan fingerprint density at radius 1 is 0.769 bits per heavy atom. The summed E-state index contributed by atoms with van der Waals surface area (Å²) in [5.74, 6) is 0. The minimum Gasteiger partial charge on any atom is -0.0651 e. The molecule has 0 amide bonds. The van der Waals surface area contributed by atoms with Crippen molar-refractivity contribution in [2.45, 2.75) is 39.5 Å². The molecule has 3 aromatic carbocycles. The van der Waals surface area contributed by atoms with Crippen LogP contribution in [0.2, 0.25) is 0 Å². The first kappa shape index (κ1) is 16.8. The van der Waals surface area contributed by atoms with Crippen LogP contribution in [0.1, 0.15) is 48.1 Å². The summed E-state index contributed by atoms with van der Waals surface area (Å²) < 4.78 is 0. The van der Waals surface area contributed by atoms with Crippen LogP contribution in [0.4, 0.5) is 0 Å². The van der Waals surface area contributed by atoms with Crippen molar-refractivity contribution in [1.29, 1.82) is 0 Å². The molecule has 0 N–H and O–H groups in total. The highest BCUT2D eigenvalue weighted by atomic mass is 14.2. The smallest absolute Gasteiger partial charge is 0.00134 e. The number of benzene rings is 3. The average Bonchev–Trinajstić information content (AvgIpc) is 3.13. The second kappa shape index (κ2) is 7.33. The van der Waals surface area contributed by atoms with Gasteiger partial charge in [-0.15, -0.1) is 0 Å². The molecule has 0 heterocycles. The van der Waals surface area contributed by atoms with Gasteiger partial charge in [-0.2, -0.15) is 0 Å². The molecule has 0 bridgehead atoms. The van der Waals surface area contributed by atoms with E-state index in [-0.39, 0.29) is 0 Å². The van der Waals surface area contributed by atoms with Crippen LogP contribution in [0.5, 0.6) is 0 Å². The van der Waals surface area contributed by atoms with Gasteiger partial charge >= 0.3 is 0 Å². The van der Waals surface area contributed by atoms with Gasteiger partial charge in [-0.1, -0.05) is 87.0 Å². The minimum absolute atomic E-state index is 1.03. The van der Waals surface area contributed by atoms with Crippen LogP contribution in [0.15, 0.2) is 66.7 Å². The molecule has 0 aliphatic heterocycles. The monoisotopic (exact) mass is 338 g/mol. The van der Waals surface area contributed by atoms with Crippen LogP contribution < -0.4 is 0 Å². The largest absolute Gasteiger partial charge is 0.0651 e. The van der Waals surface area contributed by atoms with Crippen molar-refractivity contribution in [2.24, 2.45) is 0 Å². The van der Waals surface area contributed by atoms with Gasteiger partial charge in [0.25, 0.3) is 0 Å². The number of hydrogen-bond acceptors (Lipinski definition) is 0. The minimum atomic E-state index is 1.03. The van der Waals surface area contributed by atoms with Gasteiger partial charge in [0.1, 0.15) is 0 Å². The summed E-state index contributed by atoms with van der Waals surface area (Å²) in [6, 6.07) is 24.5. The zero-order valence-electron chi connectivity index (χ0n) is 15.8. The first-order valence-electron chi connectivity index (χ1n) is 9.80. The van der Waals surface area contributed by atoms with Crippen molar-refractivity contribution in [3.05, 3.63) is 94.5 Å². The molecule has 130 valence electrons. The molecule has 0 heteroatoms. The Labute approximate surface area is 157 Å². The lowest BCUT2D eigenvalue weighted by atomic mass is 9.87. The third-order valence-electron chi connectivity index (χ3n) is 5.45. The normalized spacial score (nSPS) is 12.8. The van der Waals surface area contributed by atoms with Crippen LogP contribution in [0.25, 0.3) is 22.8 Å². The van der Waals surface area contributed by atoms with E-state index in [2.05, 4.69) is 86.7 Å². The molecule has 0 saturated heterocycles. The molecule has 0 nitrogen and oxygen atoms in total. The second-order valence-electron chi connectivity index (χ2n) is 7.15. The summed E-state index contributed by atoms with van der Waals surface area (Å²) in [4.78, 5) is 0. The van der Waals surface area contributed by atoms with Gasteiger partial charge in [-0.3, -0.25) is 0 Å². The Hall–Kier alpha value is -2.60. The van der Waals surface area contributed by atoms with E-state index in [0.717, 1.165) is 19.3 Å². The van der Waals surface area contributed by atoms with Gasteiger partial charge in [0.15, 0.2) is 0 Å². The SMILES string of the molecule is CCCc1ccc2c(c1-c1ccccc1CC)C=C(c1ccccc1)C2. The fourth-order valence-corrected chi connectivity index (χ4v) is 4.16. The van der Waals surface area contributed by atoms with Crippen LogP contribution in [0.3, 0.4) is 0 Å². The Bertz CT molecular complexity index is 945. The van der Waals surface area contributed by atoms with Gasteiger partial charge in [0, 0.05) is 0 Å². The van der Waals surface area contributed by atoms with E-state index >= 15 is 0 Å². The van der Waals surface area contributed by atoms with Crippen molar-refractivity contribution in [3.63, 3.8) is 0 Å². The molecule has 0 aromatic heterocycles. The molecular formula is C26H26. The van der Waals surface area contributed by atoms with Crippen molar-refractivity contribution < 1.29 is 0 Å². The van der Waals surface area contributed by atoms with Gasteiger partial charge < -0.3 is 0 Å². The highest BCUT2D eigenvalue weighted by molar-refractivity contribution is 5.95. The summed E-state index contributed by atoms with van der Waals surface area (Å²) in [7, 11) is 0. The maximum absolute atomic E-state index is 2.44. The average molecular weight is 338 g/mol. The maximum atomic E-state index is 2.44. The quantitative estimate of drug-likeness (QED) is 0.471. The van der Waals surface area contributed by atoms with E-state index in [4.69, 9.17) is 0 Å². The number of hydrogen-bond donors (Lipinski definition) is 0. The van der Waals surface area contributed by atoms with Crippen LogP contribution >= 0.6 is 0 Å². The van der Waals surface area contributed by atoms with Crippen molar-refractivity contribution >= 4 is 11.6 Å². The lowest BCUT2D eigenvalue weighted by molar-refractivity contribution is 0.921. The van der Waals surface area contributed by atoms with Gasteiger partial charge in [-0.05, 0) is 69.9 Å². The first-order chi connectivity index (χ1) is 12.8. The van der Waals surface area contributed by atoms with Crippen LogP contribution in [0, 0.1) is 0 Å². The highest BCUT2D eigenvalue weighted by Crippen LogP contribution is 2.41. The molecule has 1 aliphatic rings. The van der Waals surface area contributed by atoms with Gasteiger partial charge in [0.2, 0.25) is 0 Å². The number of fused-ring (bicyclic) bond motifs is 1. The molecule has 0 saturated carbocycles. The zero-order valence-corrected chi connectivity index (χ0v) is 15.8. The number of aryl methyl sites for hydroxylation is 2. The number of rotatable bonds is 5. The van der Waals surface area contributed by atoms with Crippen molar-refractivity contribution in [3.8, 4) is 11.1 Å². The lowest BCUT2D eigenvalue weighted by Gasteiger charge is -2.17. The van der Waals surface area contributed by atoms with E-state index in [9.17, 15) is 0 Å². The molecular weight excluding hydrogens is 312 g/mol. The molecule has 3 aromatic rings. The summed E-state index contributed by atoms with van der Waals surface area (Å²) in [5.41, 5.74) is 11.5. The van der Waals surface area contributed by atoms with Crippen LogP contribution in [-0.4, -0.2) is 0 Å². The van der Waals surface area contributed by atoms with Crippen molar-refractivity contribution in [2.75, 3.05) is 0 Å². The number of allylic oxidation sites excluding steroid dienone is 1. The second-order valence-corrected chi connectivity index (χ2v) is 7.15. The van der Waals surface area contributed by atoms with E-state index in [0.29, 0.717) is 0 Å². The Morgan fingerprint density at radius 3 is 2.31 bits per heavy atom. The molecule has 0 radical (unpaired) electrons. The Morgan fingerprint density at radius 2 is 1.54 bits per heavy atom. The third kappa shape index (κ3) is 3.01. The lowest BCUT2D eigenvalue weighted by Crippen LogP contribution is -1.98. The predicted molar refractivity (Wildman–Crippen MR) is 113 cm³/mol. The van der Waals surface area contributed by atoms with E-state index in [1.54, 1.807) is 0 Å².